The Bertz CT molecular complexity index is 692. The second-order valence-corrected chi connectivity index (χ2v) is 4.77. The van der Waals surface area contributed by atoms with Crippen LogP contribution in [0.15, 0.2) is 35.3 Å². The fraction of sp³-hybridized carbons (Fsp3) is 0.143. The maximum Gasteiger partial charge on any atom is 0.261 e. The van der Waals surface area contributed by atoms with Crippen LogP contribution in [0.1, 0.15) is 21.5 Å². The second-order valence-electron chi connectivity index (χ2n) is 4.33. The lowest BCUT2D eigenvalue weighted by atomic mass is 10.1. The minimum atomic E-state index is -0.476. The first-order valence-electron chi connectivity index (χ1n) is 5.74. The van der Waals surface area contributed by atoms with Gasteiger partial charge in [0.25, 0.3) is 11.5 Å². The molecule has 2 N–H and O–H groups in total. The Labute approximate surface area is 115 Å². The van der Waals surface area contributed by atoms with Gasteiger partial charge in [0, 0.05) is 11.9 Å². The van der Waals surface area contributed by atoms with Crippen LogP contribution in [-0.4, -0.2) is 10.9 Å². The third-order valence-electron chi connectivity index (χ3n) is 2.74. The molecule has 4 nitrogen and oxygen atoms in total. The summed E-state index contributed by atoms with van der Waals surface area (Å²) < 4.78 is 0. The summed E-state index contributed by atoms with van der Waals surface area (Å²) in [5, 5.41) is 3.01. The van der Waals surface area contributed by atoms with Gasteiger partial charge in [-0.1, -0.05) is 29.3 Å². The molecule has 0 unspecified atom stereocenters. The number of aromatic amines is 1. The summed E-state index contributed by atoms with van der Waals surface area (Å²) in [6.45, 7) is 3.87. The molecule has 0 radical (unpaired) electrons. The number of amides is 1. The van der Waals surface area contributed by atoms with Crippen molar-refractivity contribution in [2.24, 2.45) is 0 Å². The van der Waals surface area contributed by atoms with Crippen molar-refractivity contribution in [3.63, 3.8) is 0 Å². The van der Waals surface area contributed by atoms with E-state index in [1.807, 2.05) is 26.0 Å². The number of benzene rings is 1. The zero-order valence-electron chi connectivity index (χ0n) is 10.6. The van der Waals surface area contributed by atoms with E-state index in [2.05, 4.69) is 10.3 Å². The molecule has 98 valence electrons. The summed E-state index contributed by atoms with van der Waals surface area (Å²) >= 11 is 5.77. The molecule has 1 aromatic carbocycles. The highest BCUT2D eigenvalue weighted by molar-refractivity contribution is 6.30. The topological polar surface area (TPSA) is 62.0 Å². The minimum Gasteiger partial charge on any atom is -0.327 e. The van der Waals surface area contributed by atoms with Crippen LogP contribution in [0, 0.1) is 13.8 Å². The van der Waals surface area contributed by atoms with Crippen LogP contribution in [0.5, 0.6) is 0 Å². The number of aromatic nitrogens is 1. The molecular formula is C14H13ClN2O2. The van der Waals surface area contributed by atoms with Crippen molar-refractivity contribution in [3.8, 4) is 0 Å². The molecule has 0 bridgehead atoms. The van der Waals surface area contributed by atoms with Gasteiger partial charge >= 0.3 is 0 Å². The number of H-pyrrole nitrogens is 1. The van der Waals surface area contributed by atoms with Crippen LogP contribution in [-0.2, 0) is 0 Å². The molecule has 0 aliphatic rings. The summed E-state index contributed by atoms with van der Waals surface area (Å²) in [5.74, 6) is -0.476. The van der Waals surface area contributed by atoms with E-state index in [1.165, 1.54) is 12.3 Å². The Morgan fingerprint density at radius 3 is 2.68 bits per heavy atom. The summed E-state index contributed by atoms with van der Waals surface area (Å²) in [7, 11) is 0. The normalized spacial score (nSPS) is 10.3. The average molecular weight is 277 g/mol. The number of hydrogen-bond acceptors (Lipinski definition) is 2. The van der Waals surface area contributed by atoms with Gasteiger partial charge in [-0.3, -0.25) is 9.59 Å². The molecule has 0 aliphatic heterocycles. The van der Waals surface area contributed by atoms with Crippen molar-refractivity contribution in [3.05, 3.63) is 62.5 Å². The van der Waals surface area contributed by atoms with Gasteiger partial charge in [0.15, 0.2) is 0 Å². The Kier molecular flexibility index (Phi) is 3.71. The number of aryl methyl sites for hydroxylation is 2. The zero-order valence-corrected chi connectivity index (χ0v) is 11.3. The monoisotopic (exact) mass is 276 g/mol. The first-order chi connectivity index (χ1) is 8.97. The van der Waals surface area contributed by atoms with E-state index in [9.17, 15) is 9.59 Å². The lowest BCUT2D eigenvalue weighted by molar-refractivity contribution is 0.102. The Morgan fingerprint density at radius 1 is 1.26 bits per heavy atom. The van der Waals surface area contributed by atoms with Gasteiger partial charge in [-0.15, -0.1) is 0 Å². The molecule has 0 fully saturated rings. The van der Waals surface area contributed by atoms with Gasteiger partial charge in [0.2, 0.25) is 0 Å². The zero-order chi connectivity index (χ0) is 14.0. The number of carbonyl (C=O) groups is 1. The Balaban J connectivity index is 2.31. The number of pyridine rings is 1. The van der Waals surface area contributed by atoms with E-state index in [1.54, 1.807) is 6.07 Å². The molecule has 19 heavy (non-hydrogen) atoms. The van der Waals surface area contributed by atoms with E-state index in [4.69, 9.17) is 11.6 Å². The Hall–Kier alpha value is -2.07. The van der Waals surface area contributed by atoms with E-state index in [-0.39, 0.29) is 5.56 Å². The van der Waals surface area contributed by atoms with Gasteiger partial charge in [0.1, 0.15) is 5.56 Å². The Morgan fingerprint density at radius 2 is 2.00 bits per heavy atom. The molecule has 2 rings (SSSR count). The molecule has 0 saturated carbocycles. The van der Waals surface area contributed by atoms with Crippen molar-refractivity contribution in [2.75, 3.05) is 5.32 Å². The van der Waals surface area contributed by atoms with Gasteiger partial charge in [0.05, 0.1) is 5.02 Å². The summed E-state index contributed by atoms with van der Waals surface area (Å²) in [5.41, 5.74) is 2.25. The van der Waals surface area contributed by atoms with Gasteiger partial charge in [-0.2, -0.15) is 0 Å². The van der Waals surface area contributed by atoms with Crippen molar-refractivity contribution in [2.45, 2.75) is 13.8 Å². The number of halogens is 1. The highest BCUT2D eigenvalue weighted by atomic mass is 35.5. The lowest BCUT2D eigenvalue weighted by Gasteiger charge is -2.08. The van der Waals surface area contributed by atoms with E-state index >= 15 is 0 Å². The number of hydrogen-bond donors (Lipinski definition) is 2. The molecule has 0 atom stereocenters. The summed E-state index contributed by atoms with van der Waals surface area (Å²) in [4.78, 5) is 26.0. The minimum absolute atomic E-state index is 0.00697. The molecule has 1 aromatic heterocycles. The SMILES string of the molecule is Cc1ccc(NC(=O)c2cc(Cl)c[nH]c2=O)c(C)c1. The molecule has 5 heteroatoms. The van der Waals surface area contributed by atoms with Crippen LogP contribution >= 0.6 is 11.6 Å². The first-order valence-corrected chi connectivity index (χ1v) is 6.12. The average Bonchev–Trinajstić information content (AvgIpc) is 2.35. The number of carbonyl (C=O) groups excluding carboxylic acids is 1. The fourth-order valence-electron chi connectivity index (χ4n) is 1.77. The highest BCUT2D eigenvalue weighted by Gasteiger charge is 2.12. The highest BCUT2D eigenvalue weighted by Crippen LogP contribution is 2.17. The molecular weight excluding hydrogens is 264 g/mol. The third-order valence-corrected chi connectivity index (χ3v) is 2.96. The molecule has 1 amide bonds. The predicted octanol–water partition coefficient (Wildman–Crippen LogP) is 2.90. The third kappa shape index (κ3) is 3.03. The van der Waals surface area contributed by atoms with Gasteiger partial charge < -0.3 is 10.3 Å². The standard InChI is InChI=1S/C14H13ClN2O2/c1-8-3-4-12(9(2)5-8)17-14(19)11-6-10(15)7-16-13(11)18/h3-7H,1-2H3,(H,16,18)(H,17,19). The fourth-order valence-corrected chi connectivity index (χ4v) is 1.93. The predicted molar refractivity (Wildman–Crippen MR) is 75.9 cm³/mol. The van der Waals surface area contributed by atoms with Crippen molar-refractivity contribution >= 4 is 23.2 Å². The van der Waals surface area contributed by atoms with Crippen LogP contribution in [0.25, 0.3) is 0 Å². The smallest absolute Gasteiger partial charge is 0.261 e. The molecule has 2 aromatic rings. The summed E-state index contributed by atoms with van der Waals surface area (Å²) in [6, 6.07) is 7.00. The van der Waals surface area contributed by atoms with E-state index in [0.717, 1.165) is 11.1 Å². The maximum absolute atomic E-state index is 12.0. The van der Waals surface area contributed by atoms with Crippen LogP contribution < -0.4 is 10.9 Å². The quantitative estimate of drug-likeness (QED) is 0.886. The van der Waals surface area contributed by atoms with Crippen molar-refractivity contribution < 1.29 is 4.79 Å². The van der Waals surface area contributed by atoms with Gasteiger partial charge in [-0.05, 0) is 31.5 Å². The molecule has 0 aliphatic carbocycles. The largest absolute Gasteiger partial charge is 0.327 e. The summed E-state index contributed by atoms with van der Waals surface area (Å²) in [6.07, 6.45) is 1.35. The van der Waals surface area contributed by atoms with Gasteiger partial charge in [-0.25, -0.2) is 0 Å². The van der Waals surface area contributed by atoms with Crippen LogP contribution in [0.2, 0.25) is 5.02 Å². The van der Waals surface area contributed by atoms with E-state index < -0.39 is 11.5 Å². The molecule has 1 heterocycles. The first kappa shape index (κ1) is 13.4. The van der Waals surface area contributed by atoms with E-state index in [0.29, 0.717) is 10.7 Å². The van der Waals surface area contributed by atoms with Crippen LogP contribution in [0.4, 0.5) is 5.69 Å². The molecule has 0 spiro atoms. The maximum atomic E-state index is 12.0. The second kappa shape index (κ2) is 5.28. The molecule has 0 saturated heterocycles. The van der Waals surface area contributed by atoms with Crippen molar-refractivity contribution in [1.29, 1.82) is 0 Å². The number of nitrogens with one attached hydrogen (secondary N) is 2. The lowest BCUT2D eigenvalue weighted by Crippen LogP contribution is -2.23. The van der Waals surface area contributed by atoms with Crippen molar-refractivity contribution in [1.82, 2.24) is 4.98 Å². The number of anilines is 1. The van der Waals surface area contributed by atoms with Crippen LogP contribution in [0.3, 0.4) is 0 Å². The number of rotatable bonds is 2.